The Kier molecular flexibility index (Phi) is 4.88. The van der Waals surface area contributed by atoms with Gasteiger partial charge in [-0.3, -0.25) is 4.79 Å². The van der Waals surface area contributed by atoms with Crippen LogP contribution in [0.15, 0.2) is 62.7 Å². The number of nitrogens with zero attached hydrogens (tertiary/aromatic N) is 1. The van der Waals surface area contributed by atoms with Crippen molar-refractivity contribution in [3.63, 3.8) is 0 Å². The summed E-state index contributed by atoms with van der Waals surface area (Å²) in [4.78, 5) is 11.5. The van der Waals surface area contributed by atoms with Gasteiger partial charge in [0, 0.05) is 10.0 Å². The molecule has 1 N–H and O–H groups in total. The number of rotatable bonds is 4. The smallest absolute Gasteiger partial charge is 0.326 e. The molecule has 0 aliphatic carbocycles. The monoisotopic (exact) mass is 343 g/mol. The third-order valence-corrected chi connectivity index (χ3v) is 5.36. The third kappa shape index (κ3) is 3.75. The SMILES string of the molecule is O=C(O)CN=S(=O)(c1cccc(Cl)c1)c1cccc(Cl)c1. The summed E-state index contributed by atoms with van der Waals surface area (Å²) < 4.78 is 17.1. The Bertz CT molecular complexity index is 747. The van der Waals surface area contributed by atoms with Crippen LogP contribution in [0.2, 0.25) is 10.0 Å². The highest BCUT2D eigenvalue weighted by molar-refractivity contribution is 7.93. The summed E-state index contributed by atoms with van der Waals surface area (Å²) in [6.07, 6.45) is 0. The van der Waals surface area contributed by atoms with Crippen molar-refractivity contribution >= 4 is 38.9 Å². The summed E-state index contributed by atoms with van der Waals surface area (Å²) in [5.74, 6) is -1.16. The van der Waals surface area contributed by atoms with E-state index < -0.39 is 22.2 Å². The van der Waals surface area contributed by atoms with Crippen molar-refractivity contribution in [1.82, 2.24) is 0 Å². The molecule has 0 fully saturated rings. The third-order valence-electron chi connectivity index (χ3n) is 2.61. The molecule has 0 bridgehead atoms. The van der Waals surface area contributed by atoms with Crippen LogP contribution in [-0.4, -0.2) is 21.8 Å². The van der Waals surface area contributed by atoms with Crippen molar-refractivity contribution in [3.05, 3.63) is 58.6 Å². The van der Waals surface area contributed by atoms with E-state index in [0.717, 1.165) is 0 Å². The molecule has 4 nitrogen and oxygen atoms in total. The van der Waals surface area contributed by atoms with Gasteiger partial charge >= 0.3 is 5.97 Å². The molecular weight excluding hydrogens is 333 g/mol. The predicted octanol–water partition coefficient (Wildman–Crippen LogP) is 3.96. The summed E-state index contributed by atoms with van der Waals surface area (Å²) in [6.45, 7) is -0.572. The Morgan fingerprint density at radius 3 is 1.90 bits per heavy atom. The molecule has 0 aliphatic heterocycles. The van der Waals surface area contributed by atoms with Gasteiger partial charge in [0.15, 0.2) is 0 Å². The number of carboxylic acid groups (broad SMARTS) is 1. The standard InChI is InChI=1S/C14H11Cl2NO3S/c15-10-3-1-5-12(7-10)21(20,17-9-14(18)19)13-6-2-4-11(16)8-13/h1-8H,9H2,(H,18,19). The zero-order valence-electron chi connectivity index (χ0n) is 10.7. The first-order valence-electron chi connectivity index (χ1n) is 5.88. The molecule has 2 aromatic rings. The quantitative estimate of drug-likeness (QED) is 0.913. The molecular formula is C14H11Cl2NO3S. The van der Waals surface area contributed by atoms with Gasteiger partial charge in [-0.25, -0.2) is 8.57 Å². The Balaban J connectivity index is 2.68. The van der Waals surface area contributed by atoms with E-state index in [-0.39, 0.29) is 0 Å². The minimum atomic E-state index is -3.11. The molecule has 0 spiro atoms. The van der Waals surface area contributed by atoms with E-state index in [0.29, 0.717) is 19.8 Å². The Hall–Kier alpha value is -1.56. The first-order chi connectivity index (χ1) is 9.91. The maximum atomic E-state index is 13.3. The summed E-state index contributed by atoms with van der Waals surface area (Å²) in [6, 6.07) is 12.8. The van der Waals surface area contributed by atoms with Gasteiger partial charge in [-0.15, -0.1) is 0 Å². The maximum Gasteiger partial charge on any atom is 0.326 e. The van der Waals surface area contributed by atoms with Gasteiger partial charge in [0.2, 0.25) is 0 Å². The van der Waals surface area contributed by atoms with Crippen LogP contribution in [0, 0.1) is 0 Å². The number of hydrogen-bond donors (Lipinski definition) is 1. The van der Waals surface area contributed by atoms with Crippen LogP contribution in [-0.2, 0) is 14.5 Å². The van der Waals surface area contributed by atoms with Crippen molar-refractivity contribution in [1.29, 1.82) is 0 Å². The van der Waals surface area contributed by atoms with Crippen LogP contribution in [0.5, 0.6) is 0 Å². The van der Waals surface area contributed by atoms with Gasteiger partial charge in [-0.1, -0.05) is 35.3 Å². The number of aliphatic carboxylic acids is 1. The number of carboxylic acids is 1. The Morgan fingerprint density at radius 2 is 1.52 bits per heavy atom. The van der Waals surface area contributed by atoms with Crippen molar-refractivity contribution in [2.75, 3.05) is 6.54 Å². The Labute approximate surface area is 132 Å². The molecule has 0 saturated carbocycles. The van der Waals surface area contributed by atoms with Crippen LogP contribution in [0.4, 0.5) is 0 Å². The summed E-state index contributed by atoms with van der Waals surface area (Å²) >= 11 is 11.8. The molecule has 0 heterocycles. The van der Waals surface area contributed by atoms with Crippen LogP contribution in [0.25, 0.3) is 0 Å². The lowest BCUT2D eigenvalue weighted by atomic mass is 10.4. The summed E-state index contributed by atoms with van der Waals surface area (Å²) in [5.41, 5.74) is 0. The van der Waals surface area contributed by atoms with Gasteiger partial charge in [-0.05, 0) is 36.4 Å². The zero-order valence-corrected chi connectivity index (χ0v) is 13.0. The summed E-state index contributed by atoms with van der Waals surface area (Å²) in [5, 5.41) is 9.60. The number of benzene rings is 2. The predicted molar refractivity (Wildman–Crippen MR) is 82.5 cm³/mol. The lowest BCUT2D eigenvalue weighted by Crippen LogP contribution is -2.07. The lowest BCUT2D eigenvalue weighted by molar-refractivity contribution is -0.135. The van der Waals surface area contributed by atoms with E-state index in [1.807, 2.05) is 0 Å². The molecule has 21 heavy (non-hydrogen) atoms. The minimum absolute atomic E-state index is 0.346. The molecule has 0 saturated heterocycles. The van der Waals surface area contributed by atoms with Gasteiger partial charge in [0.1, 0.15) is 16.3 Å². The molecule has 110 valence electrons. The molecule has 0 aromatic heterocycles. The van der Waals surface area contributed by atoms with Crippen LogP contribution >= 0.6 is 23.2 Å². The van der Waals surface area contributed by atoms with E-state index in [9.17, 15) is 9.00 Å². The van der Waals surface area contributed by atoms with Gasteiger partial charge < -0.3 is 5.11 Å². The van der Waals surface area contributed by atoms with Crippen LogP contribution in [0.1, 0.15) is 0 Å². The van der Waals surface area contributed by atoms with Crippen molar-refractivity contribution in [3.8, 4) is 0 Å². The highest BCUT2D eigenvalue weighted by Gasteiger charge is 2.17. The number of halogens is 2. The molecule has 0 atom stereocenters. The van der Waals surface area contributed by atoms with E-state index in [4.69, 9.17) is 28.3 Å². The molecule has 0 radical (unpaired) electrons. The fourth-order valence-corrected chi connectivity index (χ4v) is 4.18. The average molecular weight is 344 g/mol. The van der Waals surface area contributed by atoms with Gasteiger partial charge in [-0.2, -0.15) is 0 Å². The second kappa shape index (κ2) is 6.47. The van der Waals surface area contributed by atoms with Crippen molar-refractivity contribution in [2.24, 2.45) is 4.36 Å². The molecule has 7 heteroatoms. The fraction of sp³-hybridized carbons (Fsp3) is 0.0714. The molecule has 0 aliphatic rings. The van der Waals surface area contributed by atoms with E-state index >= 15 is 0 Å². The number of hydrogen-bond acceptors (Lipinski definition) is 3. The largest absolute Gasteiger partial charge is 0.480 e. The van der Waals surface area contributed by atoms with E-state index in [1.165, 1.54) is 12.1 Å². The van der Waals surface area contributed by atoms with Crippen molar-refractivity contribution in [2.45, 2.75) is 9.79 Å². The van der Waals surface area contributed by atoms with Gasteiger partial charge in [0.05, 0.1) is 9.79 Å². The highest BCUT2D eigenvalue weighted by atomic mass is 35.5. The molecule has 2 aromatic carbocycles. The second-order valence-electron chi connectivity index (χ2n) is 4.12. The van der Waals surface area contributed by atoms with Crippen LogP contribution in [0.3, 0.4) is 0 Å². The highest BCUT2D eigenvalue weighted by Crippen LogP contribution is 2.27. The molecule has 0 unspecified atom stereocenters. The second-order valence-corrected chi connectivity index (χ2v) is 7.25. The molecule has 2 rings (SSSR count). The zero-order chi connectivity index (χ0) is 15.5. The van der Waals surface area contributed by atoms with E-state index in [1.54, 1.807) is 36.4 Å². The first kappa shape index (κ1) is 15.8. The lowest BCUT2D eigenvalue weighted by Gasteiger charge is -2.11. The topological polar surface area (TPSA) is 66.7 Å². The Morgan fingerprint density at radius 1 is 1.05 bits per heavy atom. The minimum Gasteiger partial charge on any atom is -0.480 e. The maximum absolute atomic E-state index is 13.3. The molecule has 0 amide bonds. The normalized spacial score (nSPS) is 11.1. The fourth-order valence-electron chi connectivity index (χ4n) is 1.71. The van der Waals surface area contributed by atoms with Crippen LogP contribution < -0.4 is 0 Å². The van der Waals surface area contributed by atoms with Crippen molar-refractivity contribution < 1.29 is 14.1 Å². The number of carbonyl (C=O) groups is 1. The van der Waals surface area contributed by atoms with E-state index in [2.05, 4.69) is 4.36 Å². The van der Waals surface area contributed by atoms with Gasteiger partial charge in [0.25, 0.3) is 0 Å². The average Bonchev–Trinajstić information content (AvgIpc) is 2.44. The first-order valence-corrected chi connectivity index (χ1v) is 8.15. The summed E-state index contributed by atoms with van der Waals surface area (Å²) in [7, 11) is -3.11.